The van der Waals surface area contributed by atoms with Gasteiger partial charge in [0.15, 0.2) is 0 Å². The van der Waals surface area contributed by atoms with Crippen LogP contribution in [0.25, 0.3) is 0 Å². The number of piperidine rings is 1. The Kier molecular flexibility index (Phi) is 5.55. The minimum absolute atomic E-state index is 0.0923. The van der Waals surface area contributed by atoms with E-state index in [0.717, 1.165) is 6.42 Å². The van der Waals surface area contributed by atoms with Gasteiger partial charge in [-0.25, -0.2) is 12.7 Å². The monoisotopic (exact) mass is 278 g/mol. The van der Waals surface area contributed by atoms with E-state index in [2.05, 4.69) is 6.92 Å². The van der Waals surface area contributed by atoms with Crippen LogP contribution in [0, 0.1) is 11.8 Å². The van der Waals surface area contributed by atoms with Gasteiger partial charge in [-0.2, -0.15) is 0 Å². The predicted molar refractivity (Wildman–Crippen MR) is 68.6 cm³/mol. The Balaban J connectivity index is 2.54. The Morgan fingerprint density at radius 3 is 2.72 bits per heavy atom. The van der Waals surface area contributed by atoms with Crippen molar-refractivity contribution < 1.29 is 18.3 Å². The molecule has 1 aliphatic rings. The van der Waals surface area contributed by atoms with Crippen molar-refractivity contribution in [2.24, 2.45) is 17.6 Å². The zero-order valence-electron chi connectivity index (χ0n) is 10.7. The highest BCUT2D eigenvalue weighted by Crippen LogP contribution is 2.24. The number of carbonyl (C=O) groups is 1. The van der Waals surface area contributed by atoms with E-state index in [1.54, 1.807) is 0 Å². The van der Waals surface area contributed by atoms with Gasteiger partial charge in [-0.1, -0.05) is 6.92 Å². The number of nitrogens with two attached hydrogens (primary N) is 1. The van der Waals surface area contributed by atoms with Crippen LogP contribution in [-0.4, -0.2) is 49.2 Å². The van der Waals surface area contributed by atoms with Gasteiger partial charge in [0.05, 0.1) is 5.75 Å². The summed E-state index contributed by atoms with van der Waals surface area (Å²) in [5, 5.41) is 8.51. The zero-order chi connectivity index (χ0) is 13.8. The molecular weight excluding hydrogens is 256 g/mol. The molecular formula is C11H22N2O4S. The Bertz CT molecular complexity index is 383. The maximum Gasteiger partial charge on any atom is 0.303 e. The van der Waals surface area contributed by atoms with E-state index in [1.165, 1.54) is 4.31 Å². The lowest BCUT2D eigenvalue weighted by atomic mass is 9.88. The number of hydrogen-bond acceptors (Lipinski definition) is 4. The molecule has 0 spiro atoms. The molecule has 0 aromatic carbocycles. The fourth-order valence-corrected chi connectivity index (χ4v) is 3.78. The van der Waals surface area contributed by atoms with Gasteiger partial charge in [-0.3, -0.25) is 4.79 Å². The molecule has 2 unspecified atom stereocenters. The summed E-state index contributed by atoms with van der Waals surface area (Å²) < 4.78 is 25.5. The topological polar surface area (TPSA) is 101 Å². The molecule has 106 valence electrons. The van der Waals surface area contributed by atoms with Gasteiger partial charge in [-0.15, -0.1) is 0 Å². The lowest BCUT2D eigenvalue weighted by Crippen LogP contribution is -2.46. The van der Waals surface area contributed by atoms with Crippen LogP contribution in [0.15, 0.2) is 0 Å². The maximum atomic E-state index is 12.0. The van der Waals surface area contributed by atoms with Crippen LogP contribution in [0.2, 0.25) is 0 Å². The quantitative estimate of drug-likeness (QED) is 0.717. The van der Waals surface area contributed by atoms with Crippen molar-refractivity contribution >= 4 is 16.0 Å². The summed E-state index contributed by atoms with van der Waals surface area (Å²) in [5.41, 5.74) is 5.64. The SMILES string of the molecule is CC1CCN(S(=O)(=O)CCCC(=O)O)CC1CN. The highest BCUT2D eigenvalue weighted by molar-refractivity contribution is 7.89. The third kappa shape index (κ3) is 4.22. The number of nitrogens with zero attached hydrogens (tertiary/aromatic N) is 1. The number of aliphatic carboxylic acids is 1. The number of sulfonamides is 1. The second-order valence-electron chi connectivity index (χ2n) is 4.93. The summed E-state index contributed by atoms with van der Waals surface area (Å²) in [6.45, 7) is 3.56. The van der Waals surface area contributed by atoms with Crippen LogP contribution < -0.4 is 5.73 Å². The molecule has 0 bridgehead atoms. The average molecular weight is 278 g/mol. The molecule has 0 radical (unpaired) electrons. The summed E-state index contributed by atoms with van der Waals surface area (Å²) in [5.74, 6) is -0.406. The first kappa shape index (κ1) is 15.4. The second kappa shape index (κ2) is 6.49. The molecule has 6 nitrogen and oxygen atoms in total. The largest absolute Gasteiger partial charge is 0.481 e. The van der Waals surface area contributed by atoms with Crippen molar-refractivity contribution in [1.82, 2.24) is 4.31 Å². The van der Waals surface area contributed by atoms with Crippen molar-refractivity contribution in [3.05, 3.63) is 0 Å². The van der Waals surface area contributed by atoms with E-state index in [9.17, 15) is 13.2 Å². The van der Waals surface area contributed by atoms with Crippen LogP contribution in [0.5, 0.6) is 0 Å². The molecule has 1 aliphatic heterocycles. The lowest BCUT2D eigenvalue weighted by Gasteiger charge is -2.35. The molecule has 1 rings (SSSR count). The highest BCUT2D eigenvalue weighted by atomic mass is 32.2. The van der Waals surface area contributed by atoms with Gasteiger partial charge < -0.3 is 10.8 Å². The molecule has 1 fully saturated rings. The van der Waals surface area contributed by atoms with E-state index >= 15 is 0 Å². The summed E-state index contributed by atoms with van der Waals surface area (Å²) in [6, 6.07) is 0. The Morgan fingerprint density at radius 2 is 2.17 bits per heavy atom. The summed E-state index contributed by atoms with van der Waals surface area (Å²) in [4.78, 5) is 10.4. The standard InChI is InChI=1S/C11H22N2O4S/c1-9-4-5-13(8-10(9)7-12)18(16,17)6-2-3-11(14)15/h9-10H,2-8,12H2,1H3,(H,14,15). The van der Waals surface area contributed by atoms with E-state index in [1.807, 2.05) is 0 Å². The molecule has 0 aromatic heterocycles. The van der Waals surface area contributed by atoms with Gasteiger partial charge in [0.2, 0.25) is 10.0 Å². The normalized spacial score (nSPS) is 26.1. The van der Waals surface area contributed by atoms with Gasteiger partial charge in [0.1, 0.15) is 0 Å². The van der Waals surface area contributed by atoms with Gasteiger partial charge in [0, 0.05) is 19.5 Å². The maximum absolute atomic E-state index is 12.0. The van der Waals surface area contributed by atoms with Crippen LogP contribution in [-0.2, 0) is 14.8 Å². The molecule has 0 amide bonds. The van der Waals surface area contributed by atoms with Gasteiger partial charge >= 0.3 is 5.97 Å². The van der Waals surface area contributed by atoms with Crippen LogP contribution in [0.1, 0.15) is 26.2 Å². The fourth-order valence-electron chi connectivity index (χ4n) is 2.21. The van der Waals surface area contributed by atoms with E-state index in [0.29, 0.717) is 25.6 Å². The molecule has 0 aromatic rings. The number of carboxylic acid groups (broad SMARTS) is 1. The fraction of sp³-hybridized carbons (Fsp3) is 0.909. The second-order valence-corrected chi connectivity index (χ2v) is 7.02. The van der Waals surface area contributed by atoms with Gasteiger partial charge in [0.25, 0.3) is 0 Å². The van der Waals surface area contributed by atoms with Crippen LogP contribution in [0.3, 0.4) is 0 Å². The third-order valence-corrected chi connectivity index (χ3v) is 5.49. The number of rotatable bonds is 6. The molecule has 3 N–H and O–H groups in total. The Hall–Kier alpha value is -0.660. The smallest absolute Gasteiger partial charge is 0.303 e. The van der Waals surface area contributed by atoms with Crippen LogP contribution in [0.4, 0.5) is 0 Å². The van der Waals surface area contributed by atoms with Crippen molar-refractivity contribution in [2.45, 2.75) is 26.2 Å². The summed E-state index contributed by atoms with van der Waals surface area (Å²) >= 11 is 0. The third-order valence-electron chi connectivity index (χ3n) is 3.57. The molecule has 2 atom stereocenters. The molecule has 18 heavy (non-hydrogen) atoms. The first-order chi connectivity index (χ1) is 8.36. The van der Waals surface area contributed by atoms with E-state index < -0.39 is 16.0 Å². The van der Waals surface area contributed by atoms with Crippen molar-refractivity contribution in [3.8, 4) is 0 Å². The molecule has 0 saturated carbocycles. The minimum Gasteiger partial charge on any atom is -0.481 e. The van der Waals surface area contributed by atoms with Crippen molar-refractivity contribution in [1.29, 1.82) is 0 Å². The van der Waals surface area contributed by atoms with Crippen molar-refractivity contribution in [2.75, 3.05) is 25.4 Å². The molecule has 1 saturated heterocycles. The number of carboxylic acids is 1. The zero-order valence-corrected chi connectivity index (χ0v) is 11.5. The average Bonchev–Trinajstić information content (AvgIpc) is 2.28. The first-order valence-corrected chi connectivity index (χ1v) is 7.87. The summed E-state index contributed by atoms with van der Waals surface area (Å²) in [7, 11) is -3.33. The Morgan fingerprint density at radius 1 is 1.50 bits per heavy atom. The van der Waals surface area contributed by atoms with Crippen molar-refractivity contribution in [3.63, 3.8) is 0 Å². The minimum atomic E-state index is -3.33. The number of hydrogen-bond donors (Lipinski definition) is 2. The molecule has 0 aliphatic carbocycles. The first-order valence-electron chi connectivity index (χ1n) is 6.26. The van der Waals surface area contributed by atoms with E-state index in [-0.39, 0.29) is 24.5 Å². The lowest BCUT2D eigenvalue weighted by molar-refractivity contribution is -0.137. The Labute approximate surface area is 108 Å². The predicted octanol–water partition coefficient (Wildman–Crippen LogP) is 0.0977. The highest BCUT2D eigenvalue weighted by Gasteiger charge is 2.31. The van der Waals surface area contributed by atoms with Gasteiger partial charge in [-0.05, 0) is 31.2 Å². The molecule has 7 heteroatoms. The summed E-state index contributed by atoms with van der Waals surface area (Å²) in [6.07, 6.45) is 0.876. The molecule has 1 heterocycles. The van der Waals surface area contributed by atoms with E-state index in [4.69, 9.17) is 10.8 Å². The van der Waals surface area contributed by atoms with Crippen LogP contribution >= 0.6 is 0 Å².